The summed E-state index contributed by atoms with van der Waals surface area (Å²) in [5.74, 6) is 0.329. The highest BCUT2D eigenvalue weighted by molar-refractivity contribution is 7.17. The SMILES string of the molecule is CCc1oc2ccccc2c1CN(C)[C@H](C)C(=O)Nc1sc2c(c1C(N)=O)CCC2. The molecule has 3 aromatic rings. The van der Waals surface area contributed by atoms with Crippen LogP contribution in [0.1, 0.15) is 52.4 Å². The molecular formula is C23H27N3O3S. The fourth-order valence-corrected chi connectivity index (χ4v) is 5.46. The van der Waals surface area contributed by atoms with Crippen molar-refractivity contribution in [2.45, 2.75) is 52.1 Å². The molecule has 0 aliphatic heterocycles. The van der Waals surface area contributed by atoms with Gasteiger partial charge in [0.2, 0.25) is 5.91 Å². The van der Waals surface area contributed by atoms with Crippen molar-refractivity contribution in [2.75, 3.05) is 12.4 Å². The number of carbonyl (C=O) groups excluding carboxylic acids is 2. The van der Waals surface area contributed by atoms with Gasteiger partial charge >= 0.3 is 0 Å². The number of benzene rings is 1. The number of aryl methyl sites for hydroxylation is 2. The molecule has 7 heteroatoms. The van der Waals surface area contributed by atoms with Crippen molar-refractivity contribution in [3.8, 4) is 0 Å². The topological polar surface area (TPSA) is 88.6 Å². The maximum absolute atomic E-state index is 13.0. The molecular weight excluding hydrogens is 398 g/mol. The van der Waals surface area contributed by atoms with Crippen molar-refractivity contribution in [3.05, 3.63) is 51.6 Å². The lowest BCUT2D eigenvalue weighted by molar-refractivity contribution is -0.120. The second-order valence-corrected chi connectivity index (χ2v) is 8.96. The van der Waals surface area contributed by atoms with Gasteiger partial charge in [-0.05, 0) is 44.9 Å². The van der Waals surface area contributed by atoms with E-state index in [1.165, 1.54) is 11.3 Å². The summed E-state index contributed by atoms with van der Waals surface area (Å²) in [7, 11) is 1.93. The number of para-hydroxylation sites is 1. The highest BCUT2D eigenvalue weighted by atomic mass is 32.1. The van der Waals surface area contributed by atoms with Gasteiger partial charge in [0.25, 0.3) is 5.91 Å². The van der Waals surface area contributed by atoms with Crippen LogP contribution in [0.4, 0.5) is 5.00 Å². The van der Waals surface area contributed by atoms with E-state index in [4.69, 9.17) is 10.2 Å². The summed E-state index contributed by atoms with van der Waals surface area (Å²) in [4.78, 5) is 28.1. The third-order valence-corrected chi connectivity index (χ3v) is 7.16. The number of furan rings is 1. The van der Waals surface area contributed by atoms with Gasteiger partial charge in [-0.1, -0.05) is 25.1 Å². The number of rotatable bonds is 7. The van der Waals surface area contributed by atoms with Crippen LogP contribution in [0, 0.1) is 0 Å². The molecule has 0 saturated heterocycles. The van der Waals surface area contributed by atoms with Gasteiger partial charge in [-0.25, -0.2) is 0 Å². The predicted molar refractivity (Wildman–Crippen MR) is 120 cm³/mol. The molecule has 1 aliphatic carbocycles. The molecule has 2 amide bonds. The summed E-state index contributed by atoms with van der Waals surface area (Å²) in [5.41, 5.74) is 9.10. The van der Waals surface area contributed by atoms with E-state index in [1.807, 2.05) is 37.1 Å². The number of nitrogens with two attached hydrogens (primary N) is 1. The summed E-state index contributed by atoms with van der Waals surface area (Å²) in [6.45, 7) is 4.53. The minimum absolute atomic E-state index is 0.147. The van der Waals surface area contributed by atoms with E-state index in [-0.39, 0.29) is 11.9 Å². The van der Waals surface area contributed by atoms with Gasteiger partial charge in [-0.15, -0.1) is 11.3 Å². The lowest BCUT2D eigenvalue weighted by Gasteiger charge is -2.24. The molecule has 2 heterocycles. The Kier molecular flexibility index (Phi) is 5.66. The Morgan fingerprint density at radius 3 is 2.80 bits per heavy atom. The Labute approximate surface area is 180 Å². The number of fused-ring (bicyclic) bond motifs is 2. The van der Waals surface area contributed by atoms with Crippen LogP contribution in [0.3, 0.4) is 0 Å². The summed E-state index contributed by atoms with van der Waals surface area (Å²) >= 11 is 1.48. The van der Waals surface area contributed by atoms with Gasteiger partial charge < -0.3 is 15.5 Å². The molecule has 3 N–H and O–H groups in total. The molecule has 0 radical (unpaired) electrons. The number of anilines is 1. The van der Waals surface area contributed by atoms with E-state index in [2.05, 4.69) is 18.3 Å². The maximum atomic E-state index is 13.0. The van der Waals surface area contributed by atoms with Crippen LogP contribution in [0.5, 0.6) is 0 Å². The van der Waals surface area contributed by atoms with Crippen molar-refractivity contribution in [1.29, 1.82) is 0 Å². The summed E-state index contributed by atoms with van der Waals surface area (Å²) in [5, 5.41) is 4.63. The molecule has 6 nitrogen and oxygen atoms in total. The third-order valence-electron chi connectivity index (χ3n) is 5.96. The lowest BCUT2D eigenvalue weighted by Crippen LogP contribution is -2.39. The predicted octanol–water partition coefficient (Wildman–Crippen LogP) is 4.10. The molecule has 0 unspecified atom stereocenters. The summed E-state index contributed by atoms with van der Waals surface area (Å²) in [6.07, 6.45) is 3.62. The zero-order valence-corrected chi connectivity index (χ0v) is 18.4. The quantitative estimate of drug-likeness (QED) is 0.596. The first kappa shape index (κ1) is 20.6. The molecule has 0 bridgehead atoms. The molecule has 158 valence electrons. The van der Waals surface area contributed by atoms with Gasteiger partial charge in [0, 0.05) is 28.8 Å². The van der Waals surface area contributed by atoms with Crippen LogP contribution in [0.15, 0.2) is 28.7 Å². The highest BCUT2D eigenvalue weighted by Crippen LogP contribution is 2.39. The van der Waals surface area contributed by atoms with E-state index in [0.29, 0.717) is 17.1 Å². The number of likely N-dealkylation sites (N-methyl/N-ethyl adjacent to an activating group) is 1. The van der Waals surface area contributed by atoms with Crippen molar-refractivity contribution < 1.29 is 14.0 Å². The van der Waals surface area contributed by atoms with E-state index >= 15 is 0 Å². The minimum Gasteiger partial charge on any atom is -0.461 e. The second-order valence-electron chi connectivity index (χ2n) is 7.86. The average molecular weight is 426 g/mol. The Hall–Kier alpha value is -2.64. The molecule has 4 rings (SSSR count). The molecule has 0 saturated carbocycles. The van der Waals surface area contributed by atoms with Crippen molar-refractivity contribution in [3.63, 3.8) is 0 Å². The number of nitrogens with zero attached hydrogens (tertiary/aromatic N) is 1. The van der Waals surface area contributed by atoms with Crippen LogP contribution < -0.4 is 11.1 Å². The van der Waals surface area contributed by atoms with Gasteiger partial charge in [0.05, 0.1) is 11.6 Å². The van der Waals surface area contributed by atoms with Crippen LogP contribution in [-0.2, 0) is 30.6 Å². The Morgan fingerprint density at radius 2 is 2.07 bits per heavy atom. The Bertz CT molecular complexity index is 1110. The Balaban J connectivity index is 1.52. The maximum Gasteiger partial charge on any atom is 0.251 e. The standard InChI is InChI=1S/C23H27N3O3S/c1-4-17-16(14-8-5-6-10-18(14)29-17)12-26(3)13(2)22(28)25-23-20(21(24)27)15-9-7-11-19(15)30-23/h5-6,8,10,13H,4,7,9,11-12H2,1-3H3,(H2,24,27)(H,25,28)/t13-/m1/s1. The second kappa shape index (κ2) is 8.24. The van der Waals surface area contributed by atoms with Gasteiger partial charge in [-0.3, -0.25) is 14.5 Å². The summed E-state index contributed by atoms with van der Waals surface area (Å²) in [6, 6.07) is 7.59. The monoisotopic (exact) mass is 425 g/mol. The number of hydrogen-bond donors (Lipinski definition) is 2. The molecule has 1 aliphatic rings. The normalized spacial score (nSPS) is 14.3. The minimum atomic E-state index is -0.469. The van der Waals surface area contributed by atoms with Crippen molar-refractivity contribution in [2.24, 2.45) is 5.73 Å². The zero-order valence-electron chi connectivity index (χ0n) is 17.6. The van der Waals surface area contributed by atoms with E-state index in [1.54, 1.807) is 0 Å². The fourth-order valence-electron chi connectivity index (χ4n) is 4.16. The van der Waals surface area contributed by atoms with E-state index in [9.17, 15) is 9.59 Å². The molecule has 1 aromatic carbocycles. The summed E-state index contributed by atoms with van der Waals surface area (Å²) < 4.78 is 5.98. The van der Waals surface area contributed by atoms with Crippen molar-refractivity contribution >= 4 is 39.1 Å². The molecule has 0 spiro atoms. The fraction of sp³-hybridized carbons (Fsp3) is 0.391. The van der Waals surface area contributed by atoms with E-state index < -0.39 is 5.91 Å². The number of nitrogens with one attached hydrogen (secondary N) is 1. The van der Waals surface area contributed by atoms with Gasteiger partial charge in [0.1, 0.15) is 16.3 Å². The third kappa shape index (κ3) is 3.63. The highest BCUT2D eigenvalue weighted by Gasteiger charge is 2.28. The van der Waals surface area contributed by atoms with Crippen LogP contribution >= 0.6 is 11.3 Å². The number of thiophene rings is 1. The Morgan fingerprint density at radius 1 is 1.30 bits per heavy atom. The van der Waals surface area contributed by atoms with Gasteiger partial charge in [0.15, 0.2) is 0 Å². The van der Waals surface area contributed by atoms with Crippen LogP contribution in [-0.4, -0.2) is 29.8 Å². The molecule has 1 atom stereocenters. The first-order chi connectivity index (χ1) is 14.4. The van der Waals surface area contributed by atoms with Crippen LogP contribution in [0.2, 0.25) is 0 Å². The van der Waals surface area contributed by atoms with E-state index in [0.717, 1.165) is 58.4 Å². The largest absolute Gasteiger partial charge is 0.461 e. The van der Waals surface area contributed by atoms with Crippen molar-refractivity contribution in [1.82, 2.24) is 4.90 Å². The molecule has 2 aromatic heterocycles. The number of hydrogen-bond acceptors (Lipinski definition) is 5. The first-order valence-corrected chi connectivity index (χ1v) is 11.2. The number of amides is 2. The van der Waals surface area contributed by atoms with Gasteiger partial charge in [-0.2, -0.15) is 0 Å². The molecule has 0 fully saturated rings. The smallest absolute Gasteiger partial charge is 0.251 e. The average Bonchev–Trinajstić information content (AvgIpc) is 3.39. The van der Waals surface area contributed by atoms with Crippen LogP contribution in [0.25, 0.3) is 11.0 Å². The first-order valence-electron chi connectivity index (χ1n) is 10.3. The lowest BCUT2D eigenvalue weighted by atomic mass is 10.1. The number of primary amides is 1. The zero-order chi connectivity index (χ0) is 21.4. The number of carbonyl (C=O) groups is 2. The molecule has 30 heavy (non-hydrogen) atoms.